The molecule has 0 spiro atoms. The van der Waals surface area contributed by atoms with Crippen molar-refractivity contribution in [3.63, 3.8) is 0 Å². The highest BCUT2D eigenvalue weighted by Gasteiger charge is 2.28. The molecule has 0 radical (unpaired) electrons. The molecule has 0 saturated carbocycles. The Morgan fingerprint density at radius 1 is 1.40 bits per heavy atom. The molecule has 1 heterocycles. The second-order valence-corrected chi connectivity index (χ2v) is 6.95. The fourth-order valence-electron chi connectivity index (χ4n) is 2.21. The number of hydrogen-bond donors (Lipinski definition) is 1. The minimum absolute atomic E-state index is 0. The van der Waals surface area contributed by atoms with Crippen molar-refractivity contribution in [3.8, 4) is 0 Å². The molecular weight excluding hydrogens is 300 g/mol. The van der Waals surface area contributed by atoms with Crippen molar-refractivity contribution < 1.29 is 13.2 Å². The maximum Gasteiger partial charge on any atom is 0.255 e. The molecule has 2 rings (SSSR count). The zero-order chi connectivity index (χ0) is 14.0. The van der Waals surface area contributed by atoms with Crippen LogP contribution in [-0.2, 0) is 9.84 Å². The molecule has 0 bridgehead atoms. The summed E-state index contributed by atoms with van der Waals surface area (Å²) >= 11 is 0. The van der Waals surface area contributed by atoms with E-state index in [-0.39, 0.29) is 40.6 Å². The molecule has 0 unspecified atom stereocenters. The third-order valence-electron chi connectivity index (χ3n) is 3.34. The lowest BCUT2D eigenvalue weighted by Gasteiger charge is -2.17. The summed E-state index contributed by atoms with van der Waals surface area (Å²) in [6.07, 6.45) is 0.758. The van der Waals surface area contributed by atoms with Gasteiger partial charge in [-0.2, -0.15) is 0 Å². The van der Waals surface area contributed by atoms with Crippen molar-refractivity contribution in [2.75, 3.05) is 18.8 Å². The number of carbonyl (C=O) groups excluding carboxylic acids is 1. The highest BCUT2D eigenvalue weighted by atomic mass is 35.5. The number of rotatable bonds is 3. The first kappa shape index (κ1) is 16.9. The van der Waals surface area contributed by atoms with Gasteiger partial charge in [-0.1, -0.05) is 19.1 Å². The molecule has 1 aromatic carbocycles. The first-order chi connectivity index (χ1) is 8.95. The van der Waals surface area contributed by atoms with E-state index in [0.717, 1.165) is 6.42 Å². The van der Waals surface area contributed by atoms with Crippen LogP contribution < -0.4 is 5.73 Å². The van der Waals surface area contributed by atoms with Gasteiger partial charge >= 0.3 is 0 Å². The molecule has 1 amide bonds. The van der Waals surface area contributed by atoms with Gasteiger partial charge in [-0.15, -0.1) is 12.4 Å². The Balaban J connectivity index is 0.00000200. The van der Waals surface area contributed by atoms with Crippen LogP contribution in [0.3, 0.4) is 0 Å². The first-order valence-electron chi connectivity index (χ1n) is 6.32. The summed E-state index contributed by atoms with van der Waals surface area (Å²) in [6, 6.07) is 6.35. The Kier molecular flexibility index (Phi) is 5.56. The van der Waals surface area contributed by atoms with Gasteiger partial charge in [0.05, 0.1) is 16.2 Å². The molecule has 1 saturated heterocycles. The Morgan fingerprint density at radius 3 is 2.60 bits per heavy atom. The van der Waals surface area contributed by atoms with E-state index < -0.39 is 9.84 Å². The van der Waals surface area contributed by atoms with Crippen LogP contribution in [-0.4, -0.2) is 44.1 Å². The summed E-state index contributed by atoms with van der Waals surface area (Å²) in [7, 11) is -3.40. The Bertz CT molecular complexity index is 589. The molecule has 1 fully saturated rings. The molecule has 1 aliphatic rings. The van der Waals surface area contributed by atoms with E-state index in [4.69, 9.17) is 5.73 Å². The topological polar surface area (TPSA) is 80.5 Å². The van der Waals surface area contributed by atoms with Gasteiger partial charge in [0.2, 0.25) is 0 Å². The van der Waals surface area contributed by atoms with Gasteiger partial charge in [0, 0.05) is 19.1 Å². The number of benzene rings is 1. The van der Waals surface area contributed by atoms with Crippen molar-refractivity contribution in [2.45, 2.75) is 24.3 Å². The molecule has 1 atom stereocenters. The second kappa shape index (κ2) is 6.56. The van der Waals surface area contributed by atoms with E-state index in [1.165, 1.54) is 6.07 Å². The molecular formula is C13H19ClN2O3S. The SMILES string of the molecule is CCS(=O)(=O)c1ccccc1C(=O)N1CC[C@@H](N)C1.Cl. The van der Waals surface area contributed by atoms with Crippen LogP contribution in [0.15, 0.2) is 29.2 Å². The van der Waals surface area contributed by atoms with E-state index in [2.05, 4.69) is 0 Å². The summed E-state index contributed by atoms with van der Waals surface area (Å²) in [5, 5.41) is 0. The van der Waals surface area contributed by atoms with Crippen LogP contribution >= 0.6 is 12.4 Å². The van der Waals surface area contributed by atoms with Gasteiger partial charge in [0.1, 0.15) is 0 Å². The van der Waals surface area contributed by atoms with Gasteiger partial charge in [0.15, 0.2) is 9.84 Å². The van der Waals surface area contributed by atoms with Crippen LogP contribution in [0.5, 0.6) is 0 Å². The van der Waals surface area contributed by atoms with E-state index in [0.29, 0.717) is 13.1 Å². The predicted octanol–water partition coefficient (Wildman–Crippen LogP) is 1.08. The minimum atomic E-state index is -3.40. The lowest BCUT2D eigenvalue weighted by molar-refractivity contribution is 0.0787. The van der Waals surface area contributed by atoms with E-state index >= 15 is 0 Å². The van der Waals surface area contributed by atoms with Crippen molar-refractivity contribution in [2.24, 2.45) is 5.73 Å². The zero-order valence-corrected chi connectivity index (χ0v) is 12.9. The fourth-order valence-corrected chi connectivity index (χ4v) is 3.30. The third kappa shape index (κ3) is 3.31. The molecule has 20 heavy (non-hydrogen) atoms. The summed E-state index contributed by atoms with van der Waals surface area (Å²) in [5.41, 5.74) is 6.03. The summed E-state index contributed by atoms with van der Waals surface area (Å²) < 4.78 is 24.0. The lowest BCUT2D eigenvalue weighted by atomic mass is 10.2. The Labute approximate surface area is 125 Å². The lowest BCUT2D eigenvalue weighted by Crippen LogP contribution is -2.32. The number of likely N-dealkylation sites (tertiary alicyclic amines) is 1. The molecule has 1 aromatic rings. The molecule has 7 heteroatoms. The maximum absolute atomic E-state index is 12.4. The summed E-state index contributed by atoms with van der Waals surface area (Å²) in [4.78, 5) is 14.1. The summed E-state index contributed by atoms with van der Waals surface area (Å²) in [5.74, 6) is -0.267. The summed E-state index contributed by atoms with van der Waals surface area (Å²) in [6.45, 7) is 2.64. The predicted molar refractivity (Wildman–Crippen MR) is 79.9 cm³/mol. The van der Waals surface area contributed by atoms with Gasteiger partial charge < -0.3 is 10.6 Å². The number of carbonyl (C=O) groups is 1. The molecule has 1 aliphatic heterocycles. The Morgan fingerprint density at radius 2 is 2.05 bits per heavy atom. The highest BCUT2D eigenvalue weighted by Crippen LogP contribution is 2.20. The van der Waals surface area contributed by atoms with Gasteiger partial charge in [0.25, 0.3) is 5.91 Å². The van der Waals surface area contributed by atoms with Gasteiger partial charge in [-0.25, -0.2) is 8.42 Å². The number of nitrogens with zero attached hydrogens (tertiary/aromatic N) is 1. The standard InChI is InChI=1S/C13H18N2O3S.ClH/c1-2-19(17,18)12-6-4-3-5-11(12)13(16)15-8-7-10(14)9-15;/h3-6,10H,2,7-9,14H2,1H3;1H/t10-;/m1./s1. The number of halogens is 1. The maximum atomic E-state index is 12.4. The monoisotopic (exact) mass is 318 g/mol. The Hall–Kier alpha value is -1.11. The molecule has 112 valence electrons. The number of hydrogen-bond acceptors (Lipinski definition) is 4. The number of amides is 1. The average molecular weight is 319 g/mol. The molecule has 2 N–H and O–H groups in total. The first-order valence-corrected chi connectivity index (χ1v) is 7.97. The van der Waals surface area contributed by atoms with Gasteiger partial charge in [-0.05, 0) is 18.6 Å². The average Bonchev–Trinajstić information content (AvgIpc) is 2.84. The van der Waals surface area contributed by atoms with E-state index in [1.807, 2.05) is 0 Å². The highest BCUT2D eigenvalue weighted by molar-refractivity contribution is 7.91. The zero-order valence-electron chi connectivity index (χ0n) is 11.3. The van der Waals surface area contributed by atoms with Crippen LogP contribution in [0.1, 0.15) is 23.7 Å². The third-order valence-corrected chi connectivity index (χ3v) is 5.13. The largest absolute Gasteiger partial charge is 0.337 e. The van der Waals surface area contributed by atoms with Crippen LogP contribution in [0, 0.1) is 0 Å². The van der Waals surface area contributed by atoms with Crippen molar-refractivity contribution >= 4 is 28.2 Å². The molecule has 0 aromatic heterocycles. The second-order valence-electron chi connectivity index (χ2n) is 4.70. The number of sulfone groups is 1. The van der Waals surface area contributed by atoms with Crippen molar-refractivity contribution in [1.82, 2.24) is 4.90 Å². The normalized spacial score (nSPS) is 18.7. The molecule has 0 aliphatic carbocycles. The van der Waals surface area contributed by atoms with Crippen LogP contribution in [0.4, 0.5) is 0 Å². The van der Waals surface area contributed by atoms with Crippen molar-refractivity contribution in [1.29, 1.82) is 0 Å². The van der Waals surface area contributed by atoms with E-state index in [9.17, 15) is 13.2 Å². The van der Waals surface area contributed by atoms with Crippen molar-refractivity contribution in [3.05, 3.63) is 29.8 Å². The van der Waals surface area contributed by atoms with E-state index in [1.54, 1.807) is 30.0 Å². The minimum Gasteiger partial charge on any atom is -0.337 e. The van der Waals surface area contributed by atoms with Gasteiger partial charge in [-0.3, -0.25) is 4.79 Å². The quantitative estimate of drug-likeness (QED) is 0.904. The smallest absolute Gasteiger partial charge is 0.255 e. The fraction of sp³-hybridized carbons (Fsp3) is 0.462. The van der Waals surface area contributed by atoms with Crippen LogP contribution in [0.2, 0.25) is 0 Å². The number of nitrogens with two attached hydrogens (primary N) is 1. The van der Waals surface area contributed by atoms with Crippen LogP contribution in [0.25, 0.3) is 0 Å². The molecule has 5 nitrogen and oxygen atoms in total.